The van der Waals surface area contributed by atoms with Crippen LogP contribution in [0.2, 0.25) is 0 Å². The van der Waals surface area contributed by atoms with E-state index in [1.807, 2.05) is 0 Å². The van der Waals surface area contributed by atoms with Gasteiger partial charge >= 0.3 is 12.4 Å². The van der Waals surface area contributed by atoms with Gasteiger partial charge in [0, 0.05) is 24.7 Å². The number of nitrogens with zero attached hydrogens (tertiary/aromatic N) is 3. The quantitative estimate of drug-likeness (QED) is 0.717. The zero-order valence-electron chi connectivity index (χ0n) is 16.0. The van der Waals surface area contributed by atoms with Crippen LogP contribution in [0, 0.1) is 0 Å². The second-order valence-corrected chi connectivity index (χ2v) is 7.53. The van der Waals surface area contributed by atoms with Crippen molar-refractivity contribution in [2.24, 2.45) is 0 Å². The Hall–Kier alpha value is -2.11. The van der Waals surface area contributed by atoms with Crippen molar-refractivity contribution < 1.29 is 36.6 Å². The number of halogens is 6. The number of likely N-dealkylation sites (tertiary alicyclic amines) is 1. The summed E-state index contributed by atoms with van der Waals surface area (Å²) in [6.45, 7) is 0.433. The van der Waals surface area contributed by atoms with E-state index in [1.165, 1.54) is 4.68 Å². The molecule has 1 aromatic heterocycles. The minimum Gasteiger partial charge on any atom is -0.378 e. The number of hydrogen-bond donors (Lipinski definition) is 2. The van der Waals surface area contributed by atoms with Crippen LogP contribution < -0.4 is 0 Å². The first kappa shape index (κ1) is 22.6. The van der Waals surface area contributed by atoms with E-state index >= 15 is 0 Å². The van der Waals surface area contributed by atoms with Crippen molar-refractivity contribution in [3.05, 3.63) is 47.8 Å². The summed E-state index contributed by atoms with van der Waals surface area (Å²) in [6.07, 6.45) is -11.5. The minimum atomic E-state index is -5.03. The summed E-state index contributed by atoms with van der Waals surface area (Å²) in [6, 6.07) is 9.20. The number of para-hydroxylation sites is 1. The maximum Gasteiger partial charge on any atom is 0.435 e. The molecule has 1 fully saturated rings. The number of alkyl halides is 6. The van der Waals surface area contributed by atoms with Gasteiger partial charge in [-0.1, -0.05) is 18.2 Å². The van der Waals surface area contributed by atoms with Gasteiger partial charge in [-0.15, -0.1) is 0 Å². The maximum absolute atomic E-state index is 13.2. The van der Waals surface area contributed by atoms with Crippen LogP contribution in [0.5, 0.6) is 0 Å². The number of rotatable bonds is 4. The topological polar surface area (TPSA) is 61.5 Å². The Bertz CT molecular complexity index is 855. The Morgan fingerprint density at radius 3 is 2.10 bits per heavy atom. The normalized spacial score (nSPS) is 20.2. The zero-order valence-corrected chi connectivity index (χ0v) is 16.0. The molecule has 0 amide bonds. The second-order valence-electron chi connectivity index (χ2n) is 7.53. The van der Waals surface area contributed by atoms with Crippen molar-refractivity contribution >= 4 is 0 Å². The van der Waals surface area contributed by atoms with Crippen molar-refractivity contribution in [2.75, 3.05) is 13.1 Å². The highest BCUT2D eigenvalue weighted by atomic mass is 19.4. The van der Waals surface area contributed by atoms with E-state index < -0.39 is 35.8 Å². The van der Waals surface area contributed by atoms with E-state index in [4.69, 9.17) is 0 Å². The Labute approximate surface area is 168 Å². The first-order valence-corrected chi connectivity index (χ1v) is 9.26. The van der Waals surface area contributed by atoms with Crippen LogP contribution in [-0.4, -0.2) is 56.0 Å². The standard InChI is InChI=1S/C19H21F6N3O2/c1-17(30,19(23,24)25)16(29)27-9-7-12(8-10-27)14-11-15(18(20,21)22)26-28(14)13-5-3-2-4-6-13/h2-6,11-12,16,29-30H,7-10H2,1H3/t16?,17-/m1/s1. The first-order valence-electron chi connectivity index (χ1n) is 9.26. The van der Waals surface area contributed by atoms with Crippen LogP contribution in [0.3, 0.4) is 0 Å². The van der Waals surface area contributed by atoms with E-state index in [1.54, 1.807) is 30.3 Å². The highest BCUT2D eigenvalue weighted by molar-refractivity contribution is 5.35. The smallest absolute Gasteiger partial charge is 0.378 e. The molecule has 30 heavy (non-hydrogen) atoms. The lowest BCUT2D eigenvalue weighted by Gasteiger charge is -2.41. The summed E-state index contributed by atoms with van der Waals surface area (Å²) in [5, 5.41) is 23.4. The lowest BCUT2D eigenvalue weighted by molar-refractivity contribution is -0.305. The molecule has 0 aliphatic carbocycles. The molecule has 5 nitrogen and oxygen atoms in total. The highest BCUT2D eigenvalue weighted by Gasteiger charge is 2.56. The average Bonchev–Trinajstić information content (AvgIpc) is 3.13. The van der Waals surface area contributed by atoms with Gasteiger partial charge in [-0.2, -0.15) is 31.4 Å². The Morgan fingerprint density at radius 2 is 1.60 bits per heavy atom. The summed E-state index contributed by atoms with van der Waals surface area (Å²) >= 11 is 0. The summed E-state index contributed by atoms with van der Waals surface area (Å²) in [7, 11) is 0. The molecule has 0 bridgehead atoms. The Morgan fingerprint density at radius 1 is 1.03 bits per heavy atom. The lowest BCUT2D eigenvalue weighted by Crippen LogP contribution is -2.60. The molecule has 3 rings (SSSR count). The third kappa shape index (κ3) is 4.33. The minimum absolute atomic E-state index is 0.0284. The van der Waals surface area contributed by atoms with E-state index in [0.717, 1.165) is 11.0 Å². The van der Waals surface area contributed by atoms with E-state index in [-0.39, 0.29) is 25.9 Å². The molecule has 2 N–H and O–H groups in total. The highest BCUT2D eigenvalue weighted by Crippen LogP contribution is 2.38. The largest absolute Gasteiger partial charge is 0.435 e. The van der Waals surface area contributed by atoms with Crippen LogP contribution in [0.25, 0.3) is 5.69 Å². The summed E-state index contributed by atoms with van der Waals surface area (Å²) in [5.74, 6) is -0.409. The van der Waals surface area contributed by atoms with E-state index in [2.05, 4.69) is 5.10 Å². The molecule has 1 aromatic carbocycles. The predicted octanol–water partition coefficient (Wildman–Crippen LogP) is 3.70. The summed E-state index contributed by atoms with van der Waals surface area (Å²) in [4.78, 5) is 1.08. The van der Waals surface area contributed by atoms with Gasteiger partial charge in [-0.05, 0) is 38.0 Å². The van der Waals surface area contributed by atoms with Gasteiger partial charge in [-0.3, -0.25) is 4.90 Å². The number of hydrogen-bond acceptors (Lipinski definition) is 4. The maximum atomic E-state index is 13.2. The van der Waals surface area contributed by atoms with Crippen molar-refractivity contribution in [3.8, 4) is 5.69 Å². The Balaban J connectivity index is 1.83. The zero-order chi connectivity index (χ0) is 22.3. The number of aliphatic hydroxyl groups excluding tert-OH is 1. The molecule has 2 heterocycles. The van der Waals surface area contributed by atoms with Crippen LogP contribution >= 0.6 is 0 Å². The predicted molar refractivity (Wildman–Crippen MR) is 94.8 cm³/mol. The number of aliphatic hydroxyl groups is 2. The van der Waals surface area contributed by atoms with Crippen LogP contribution in [0.15, 0.2) is 36.4 Å². The molecule has 0 radical (unpaired) electrons. The van der Waals surface area contributed by atoms with Crippen LogP contribution in [-0.2, 0) is 6.18 Å². The lowest BCUT2D eigenvalue weighted by atomic mass is 9.91. The van der Waals surface area contributed by atoms with Gasteiger partial charge in [0.2, 0.25) is 0 Å². The molecule has 0 spiro atoms. The molecule has 1 saturated heterocycles. The average molecular weight is 437 g/mol. The number of piperidine rings is 1. The van der Waals surface area contributed by atoms with E-state index in [0.29, 0.717) is 18.3 Å². The fourth-order valence-electron chi connectivity index (χ4n) is 3.54. The SMILES string of the molecule is C[C@@](O)(C(O)N1CCC(c2cc(C(F)(F)F)nn2-c2ccccc2)CC1)C(F)(F)F. The monoisotopic (exact) mass is 437 g/mol. The first-order chi connectivity index (χ1) is 13.8. The molecule has 1 aliphatic heterocycles. The van der Waals surface area contributed by atoms with Crippen molar-refractivity contribution in [1.29, 1.82) is 0 Å². The van der Waals surface area contributed by atoms with Crippen molar-refractivity contribution in [1.82, 2.24) is 14.7 Å². The van der Waals surface area contributed by atoms with Crippen molar-refractivity contribution in [2.45, 2.75) is 49.9 Å². The van der Waals surface area contributed by atoms with E-state index in [9.17, 15) is 36.6 Å². The third-order valence-corrected chi connectivity index (χ3v) is 5.40. The molecule has 0 saturated carbocycles. The van der Waals surface area contributed by atoms with Gasteiger partial charge in [0.25, 0.3) is 0 Å². The molecule has 2 atom stereocenters. The second kappa shape index (κ2) is 7.86. The Kier molecular flexibility index (Phi) is 5.91. The fraction of sp³-hybridized carbons (Fsp3) is 0.526. The summed E-state index contributed by atoms with van der Waals surface area (Å²) < 4.78 is 79.8. The fourth-order valence-corrected chi connectivity index (χ4v) is 3.54. The van der Waals surface area contributed by atoms with Crippen molar-refractivity contribution in [3.63, 3.8) is 0 Å². The van der Waals surface area contributed by atoms with Crippen LogP contribution in [0.1, 0.15) is 37.1 Å². The molecule has 11 heteroatoms. The van der Waals surface area contributed by atoms with Gasteiger partial charge < -0.3 is 10.2 Å². The van der Waals surface area contributed by atoms with Gasteiger partial charge in [0.05, 0.1) is 5.69 Å². The van der Waals surface area contributed by atoms with Gasteiger partial charge in [0.1, 0.15) is 6.23 Å². The van der Waals surface area contributed by atoms with Crippen LogP contribution in [0.4, 0.5) is 26.3 Å². The number of benzene rings is 1. The molecular formula is C19H21F6N3O2. The molecular weight excluding hydrogens is 416 g/mol. The van der Waals surface area contributed by atoms with Gasteiger partial charge in [0.15, 0.2) is 11.3 Å². The third-order valence-electron chi connectivity index (χ3n) is 5.40. The molecule has 1 unspecified atom stereocenters. The molecule has 2 aromatic rings. The summed E-state index contributed by atoms with van der Waals surface area (Å²) in [5.41, 5.74) is -3.64. The van der Waals surface area contributed by atoms with Gasteiger partial charge in [-0.25, -0.2) is 4.68 Å². The molecule has 1 aliphatic rings. The molecule has 166 valence electrons. The number of aromatic nitrogens is 2.